The van der Waals surface area contributed by atoms with Crippen molar-refractivity contribution in [1.82, 2.24) is 8.94 Å². The van der Waals surface area contributed by atoms with Gasteiger partial charge in [0.2, 0.25) is 5.91 Å². The second kappa shape index (κ2) is 9.69. The Balaban J connectivity index is 1.48. The molecule has 3 aromatic rings. The molecule has 4 rings (SSSR count). The zero-order valence-corrected chi connectivity index (χ0v) is 19.4. The van der Waals surface area contributed by atoms with E-state index in [0.717, 1.165) is 36.8 Å². The lowest BCUT2D eigenvalue weighted by Crippen LogP contribution is -2.31. The average Bonchev–Trinajstić information content (AvgIpc) is 3.32. The maximum atomic E-state index is 13.1. The van der Waals surface area contributed by atoms with Crippen molar-refractivity contribution in [2.24, 2.45) is 11.7 Å². The first-order chi connectivity index (χ1) is 15.4. The molecule has 1 saturated carbocycles. The molecule has 1 fully saturated rings. The van der Waals surface area contributed by atoms with Gasteiger partial charge in [-0.25, -0.2) is 4.37 Å². The normalized spacial score (nSPS) is 18.6. The van der Waals surface area contributed by atoms with Crippen LogP contribution in [0, 0.1) is 5.92 Å². The Morgan fingerprint density at radius 3 is 2.50 bits per heavy atom. The monoisotopic (exact) mass is 450 g/mol. The second-order valence-electron chi connectivity index (χ2n) is 9.09. The minimum atomic E-state index is -0.395. The van der Waals surface area contributed by atoms with Crippen LogP contribution in [0.5, 0.6) is 0 Å². The quantitative estimate of drug-likeness (QED) is 0.538. The van der Waals surface area contributed by atoms with Gasteiger partial charge in [-0.3, -0.25) is 9.59 Å². The molecule has 0 spiro atoms. The molecule has 1 aliphatic rings. The van der Waals surface area contributed by atoms with Crippen LogP contribution in [0.1, 0.15) is 61.4 Å². The summed E-state index contributed by atoms with van der Waals surface area (Å²) in [4.78, 5) is 24.4. The minimum Gasteiger partial charge on any atom is -0.378 e. The van der Waals surface area contributed by atoms with Crippen LogP contribution in [0.15, 0.2) is 52.9 Å². The molecule has 2 heterocycles. The summed E-state index contributed by atoms with van der Waals surface area (Å²) in [5.41, 5.74) is 9.91. The van der Waals surface area contributed by atoms with Gasteiger partial charge in [0.25, 0.3) is 5.56 Å². The number of amides is 1. The zero-order chi connectivity index (χ0) is 22.7. The number of rotatable bonds is 7. The van der Waals surface area contributed by atoms with Gasteiger partial charge in [0.1, 0.15) is 5.69 Å². The lowest BCUT2D eigenvalue weighted by Gasteiger charge is -2.30. The third-order valence-electron chi connectivity index (χ3n) is 6.17. The van der Waals surface area contributed by atoms with Crippen LogP contribution in [0.3, 0.4) is 0 Å². The highest BCUT2D eigenvalue weighted by Crippen LogP contribution is 2.34. The number of carbonyl (C=O) groups excluding carboxylic acids is 1. The van der Waals surface area contributed by atoms with Gasteiger partial charge in [-0.05, 0) is 72.8 Å². The van der Waals surface area contributed by atoms with E-state index in [1.807, 2.05) is 52.7 Å². The SMILES string of the molecule is CC(C)Cn1cc(-c2cnsc2)cc(NC2CCC(c3ccc(C(N)=O)cc3)CC2)c1=O. The van der Waals surface area contributed by atoms with Gasteiger partial charge in [0.05, 0.1) is 0 Å². The number of anilines is 1. The molecule has 0 unspecified atom stereocenters. The Morgan fingerprint density at radius 1 is 1.19 bits per heavy atom. The molecule has 3 N–H and O–H groups in total. The number of nitrogens with two attached hydrogens (primary N) is 1. The standard InChI is InChI=1S/C25H30N4O2S/c1-16(2)13-29-14-20(21-12-27-32-15-21)11-23(25(29)31)28-22-9-7-18(8-10-22)17-3-5-19(6-4-17)24(26)30/h3-6,11-12,14-16,18,22,28H,7-10,13H2,1-2H3,(H2,26,30). The van der Waals surface area contributed by atoms with E-state index in [9.17, 15) is 9.59 Å². The lowest BCUT2D eigenvalue weighted by atomic mass is 9.81. The second-order valence-corrected chi connectivity index (χ2v) is 9.74. The highest BCUT2D eigenvalue weighted by molar-refractivity contribution is 7.03. The Labute approximate surface area is 192 Å². The average molecular weight is 451 g/mol. The minimum absolute atomic E-state index is 0.0369. The van der Waals surface area contributed by atoms with Crippen molar-refractivity contribution in [3.05, 3.63) is 69.6 Å². The third-order valence-corrected chi connectivity index (χ3v) is 6.75. The van der Waals surface area contributed by atoms with Crippen LogP contribution in [0.4, 0.5) is 5.69 Å². The molecule has 0 saturated heterocycles. The fourth-order valence-corrected chi connectivity index (χ4v) is 5.03. The first-order valence-electron chi connectivity index (χ1n) is 11.2. The van der Waals surface area contributed by atoms with E-state index in [0.29, 0.717) is 29.6 Å². The molecule has 0 bridgehead atoms. The van der Waals surface area contributed by atoms with Gasteiger partial charge in [-0.1, -0.05) is 26.0 Å². The maximum absolute atomic E-state index is 13.1. The van der Waals surface area contributed by atoms with Crippen LogP contribution in [0.25, 0.3) is 11.1 Å². The third kappa shape index (κ3) is 5.10. The van der Waals surface area contributed by atoms with Crippen molar-refractivity contribution in [3.8, 4) is 11.1 Å². The predicted molar refractivity (Wildman–Crippen MR) is 130 cm³/mol. The van der Waals surface area contributed by atoms with Crippen LogP contribution in [-0.4, -0.2) is 20.9 Å². The van der Waals surface area contributed by atoms with E-state index in [1.165, 1.54) is 17.1 Å². The highest BCUT2D eigenvalue weighted by Gasteiger charge is 2.23. The van der Waals surface area contributed by atoms with Crippen molar-refractivity contribution in [2.75, 3.05) is 5.32 Å². The van der Waals surface area contributed by atoms with Crippen molar-refractivity contribution < 1.29 is 4.79 Å². The van der Waals surface area contributed by atoms with E-state index in [2.05, 4.69) is 23.5 Å². The van der Waals surface area contributed by atoms with E-state index < -0.39 is 5.91 Å². The number of primary amides is 1. The number of nitrogens with one attached hydrogen (secondary N) is 1. The van der Waals surface area contributed by atoms with Crippen LogP contribution >= 0.6 is 11.5 Å². The summed E-state index contributed by atoms with van der Waals surface area (Å²) in [6.45, 7) is 4.93. The molecule has 1 aliphatic carbocycles. The summed E-state index contributed by atoms with van der Waals surface area (Å²) in [7, 11) is 0. The fourth-order valence-electron chi connectivity index (χ4n) is 4.48. The Hall–Kier alpha value is -2.93. The fraction of sp³-hybridized carbons (Fsp3) is 0.400. The van der Waals surface area contributed by atoms with Crippen molar-refractivity contribution >= 4 is 23.1 Å². The molecule has 0 aliphatic heterocycles. The number of nitrogens with zero attached hydrogens (tertiary/aromatic N) is 2. The summed E-state index contributed by atoms with van der Waals surface area (Å²) in [5, 5.41) is 5.56. The largest absolute Gasteiger partial charge is 0.378 e. The van der Waals surface area contributed by atoms with Crippen molar-refractivity contribution in [1.29, 1.82) is 0 Å². The van der Waals surface area contributed by atoms with Gasteiger partial charge >= 0.3 is 0 Å². The number of carbonyl (C=O) groups is 1. The molecular weight excluding hydrogens is 420 g/mol. The first kappa shape index (κ1) is 22.3. The van der Waals surface area contributed by atoms with Crippen molar-refractivity contribution in [3.63, 3.8) is 0 Å². The Bertz CT molecular complexity index is 1110. The summed E-state index contributed by atoms with van der Waals surface area (Å²) < 4.78 is 6.04. The predicted octanol–water partition coefficient (Wildman–Crippen LogP) is 4.87. The van der Waals surface area contributed by atoms with E-state index in [4.69, 9.17) is 5.73 Å². The van der Waals surface area contributed by atoms with Gasteiger partial charge in [0, 0.05) is 47.1 Å². The maximum Gasteiger partial charge on any atom is 0.273 e. The smallest absolute Gasteiger partial charge is 0.273 e. The van der Waals surface area contributed by atoms with Crippen molar-refractivity contribution in [2.45, 2.75) is 58.0 Å². The topological polar surface area (TPSA) is 90.0 Å². The number of benzene rings is 1. The summed E-state index contributed by atoms with van der Waals surface area (Å²) >= 11 is 1.42. The molecule has 1 aromatic carbocycles. The number of aromatic nitrogens is 2. The van der Waals surface area contributed by atoms with Crippen LogP contribution < -0.4 is 16.6 Å². The summed E-state index contributed by atoms with van der Waals surface area (Å²) in [6.07, 6.45) is 7.88. The zero-order valence-electron chi connectivity index (χ0n) is 18.6. The van der Waals surface area contributed by atoms with Crippen LogP contribution in [0.2, 0.25) is 0 Å². The molecule has 2 aromatic heterocycles. The molecule has 32 heavy (non-hydrogen) atoms. The molecule has 0 radical (unpaired) electrons. The summed E-state index contributed by atoms with van der Waals surface area (Å²) in [5.74, 6) is 0.455. The number of pyridine rings is 1. The van der Waals surface area contributed by atoms with Crippen LogP contribution in [-0.2, 0) is 6.54 Å². The Morgan fingerprint density at radius 2 is 1.91 bits per heavy atom. The number of hydrogen-bond acceptors (Lipinski definition) is 5. The van der Waals surface area contributed by atoms with Gasteiger partial charge < -0.3 is 15.6 Å². The highest BCUT2D eigenvalue weighted by atomic mass is 32.1. The van der Waals surface area contributed by atoms with Gasteiger partial charge in [0.15, 0.2) is 0 Å². The number of hydrogen-bond donors (Lipinski definition) is 2. The summed E-state index contributed by atoms with van der Waals surface area (Å²) in [6, 6.07) is 9.89. The molecule has 1 amide bonds. The van der Waals surface area contributed by atoms with Gasteiger partial charge in [-0.15, -0.1) is 0 Å². The lowest BCUT2D eigenvalue weighted by molar-refractivity contribution is 0.100. The first-order valence-corrected chi connectivity index (χ1v) is 12.0. The van der Waals surface area contributed by atoms with E-state index >= 15 is 0 Å². The molecule has 6 nitrogen and oxygen atoms in total. The van der Waals surface area contributed by atoms with E-state index in [1.54, 1.807) is 0 Å². The molecule has 168 valence electrons. The van der Waals surface area contributed by atoms with Gasteiger partial charge in [-0.2, -0.15) is 0 Å². The molecule has 7 heteroatoms. The Kier molecular flexibility index (Phi) is 6.74. The molecular formula is C25H30N4O2S. The van der Waals surface area contributed by atoms with E-state index in [-0.39, 0.29) is 11.6 Å². The molecule has 0 atom stereocenters.